The highest BCUT2D eigenvalue weighted by Gasteiger charge is 2.34. The summed E-state index contributed by atoms with van der Waals surface area (Å²) in [6.07, 6.45) is 8.37. The minimum Gasteiger partial charge on any atom is -0.481 e. The molecule has 160 valence electrons. The molecule has 5 nitrogen and oxygen atoms in total. The van der Waals surface area contributed by atoms with Crippen LogP contribution in [0.25, 0.3) is 0 Å². The third-order valence-corrected chi connectivity index (χ3v) is 6.25. The fraction of sp³-hybridized carbons (Fsp3) is 0.955. The molecule has 0 heterocycles. The van der Waals surface area contributed by atoms with Crippen molar-refractivity contribution in [3.05, 3.63) is 0 Å². The zero-order chi connectivity index (χ0) is 20.4. The highest BCUT2D eigenvalue weighted by Crippen LogP contribution is 2.39. The standard InChI is InChI=1S/C22H42O5/c1-4-13-22(2,3)15-18(24)10-11-19-16(9-12-20(19)25)7-5-6-8-17(23)14-21(26)27/h16-20,23-25H,4-15H2,1-3H3,(H,26,27)/t16-,17?,18?,19+,20+/m0/s1. The summed E-state index contributed by atoms with van der Waals surface area (Å²) in [7, 11) is 0. The third-order valence-electron chi connectivity index (χ3n) is 6.25. The molecule has 1 saturated carbocycles. The zero-order valence-electron chi connectivity index (χ0n) is 17.6. The van der Waals surface area contributed by atoms with Crippen molar-refractivity contribution in [2.75, 3.05) is 0 Å². The number of aliphatic hydroxyl groups is 3. The molecule has 1 rings (SSSR count). The number of hydrogen-bond donors (Lipinski definition) is 4. The highest BCUT2D eigenvalue weighted by atomic mass is 16.4. The minimum absolute atomic E-state index is 0.165. The van der Waals surface area contributed by atoms with E-state index in [1.807, 2.05) is 0 Å². The molecule has 1 fully saturated rings. The second kappa shape index (κ2) is 12.0. The monoisotopic (exact) mass is 386 g/mol. The number of aliphatic hydroxyl groups excluding tert-OH is 3. The zero-order valence-corrected chi connectivity index (χ0v) is 17.6. The molecule has 0 aromatic rings. The molecular formula is C22H42O5. The second-order valence-corrected chi connectivity index (χ2v) is 9.45. The lowest BCUT2D eigenvalue weighted by Gasteiger charge is -2.29. The SMILES string of the molecule is CCCC(C)(C)CC(O)CC[C@@H]1[C@@H](CCCCC(O)CC(=O)O)CC[C@H]1O. The molecule has 0 aromatic carbocycles. The van der Waals surface area contributed by atoms with Crippen LogP contribution in [0, 0.1) is 17.3 Å². The van der Waals surface area contributed by atoms with Gasteiger partial charge < -0.3 is 20.4 Å². The molecule has 0 amide bonds. The van der Waals surface area contributed by atoms with Crippen molar-refractivity contribution >= 4 is 5.97 Å². The van der Waals surface area contributed by atoms with Gasteiger partial charge in [0.2, 0.25) is 0 Å². The van der Waals surface area contributed by atoms with Crippen LogP contribution in [0.15, 0.2) is 0 Å². The molecule has 0 spiro atoms. The topological polar surface area (TPSA) is 98.0 Å². The number of carboxylic acids is 1. The van der Waals surface area contributed by atoms with E-state index < -0.39 is 12.1 Å². The van der Waals surface area contributed by atoms with E-state index in [2.05, 4.69) is 20.8 Å². The lowest BCUT2D eigenvalue weighted by atomic mass is 9.80. The van der Waals surface area contributed by atoms with Gasteiger partial charge in [-0.2, -0.15) is 0 Å². The molecule has 5 heteroatoms. The number of carbonyl (C=O) groups is 1. The van der Waals surface area contributed by atoms with Gasteiger partial charge in [0, 0.05) is 0 Å². The third kappa shape index (κ3) is 9.91. The van der Waals surface area contributed by atoms with Gasteiger partial charge in [-0.3, -0.25) is 4.79 Å². The molecule has 0 bridgehead atoms. The highest BCUT2D eigenvalue weighted by molar-refractivity contribution is 5.67. The average Bonchev–Trinajstić information content (AvgIpc) is 2.88. The van der Waals surface area contributed by atoms with E-state index in [1.54, 1.807) is 0 Å². The summed E-state index contributed by atoms with van der Waals surface area (Å²) in [6.45, 7) is 6.60. The predicted molar refractivity (Wildman–Crippen MR) is 107 cm³/mol. The van der Waals surface area contributed by atoms with Crippen LogP contribution in [-0.2, 0) is 4.79 Å². The van der Waals surface area contributed by atoms with Crippen molar-refractivity contribution in [3.63, 3.8) is 0 Å². The van der Waals surface area contributed by atoms with Gasteiger partial charge in [-0.05, 0) is 62.2 Å². The van der Waals surface area contributed by atoms with Crippen LogP contribution >= 0.6 is 0 Å². The van der Waals surface area contributed by atoms with Crippen LogP contribution in [0.5, 0.6) is 0 Å². The average molecular weight is 387 g/mol. The number of rotatable bonds is 14. The van der Waals surface area contributed by atoms with Gasteiger partial charge in [0.05, 0.1) is 24.7 Å². The largest absolute Gasteiger partial charge is 0.481 e. The predicted octanol–water partition coefficient (Wildman–Crippen LogP) is 4.13. The van der Waals surface area contributed by atoms with Gasteiger partial charge in [0.15, 0.2) is 0 Å². The lowest BCUT2D eigenvalue weighted by Crippen LogP contribution is -2.24. The first-order chi connectivity index (χ1) is 12.6. The number of aliphatic carboxylic acids is 1. The first-order valence-electron chi connectivity index (χ1n) is 10.9. The lowest BCUT2D eigenvalue weighted by molar-refractivity contribution is -0.139. The van der Waals surface area contributed by atoms with E-state index in [0.29, 0.717) is 12.3 Å². The van der Waals surface area contributed by atoms with Crippen molar-refractivity contribution in [3.8, 4) is 0 Å². The molecular weight excluding hydrogens is 344 g/mol. The first-order valence-corrected chi connectivity index (χ1v) is 10.9. The molecule has 27 heavy (non-hydrogen) atoms. The summed E-state index contributed by atoms with van der Waals surface area (Å²) in [5, 5.41) is 39.1. The Morgan fingerprint density at radius 1 is 1.07 bits per heavy atom. The van der Waals surface area contributed by atoms with Crippen LogP contribution in [0.2, 0.25) is 0 Å². The van der Waals surface area contributed by atoms with Gasteiger partial charge in [-0.15, -0.1) is 0 Å². The van der Waals surface area contributed by atoms with E-state index in [4.69, 9.17) is 5.11 Å². The summed E-state index contributed by atoms with van der Waals surface area (Å²) < 4.78 is 0. The maximum atomic E-state index is 10.6. The van der Waals surface area contributed by atoms with E-state index in [1.165, 1.54) is 0 Å². The van der Waals surface area contributed by atoms with Gasteiger partial charge in [-0.25, -0.2) is 0 Å². The number of unbranched alkanes of at least 4 members (excludes halogenated alkanes) is 1. The van der Waals surface area contributed by atoms with Crippen molar-refractivity contribution < 1.29 is 25.2 Å². The van der Waals surface area contributed by atoms with Crippen molar-refractivity contribution in [1.29, 1.82) is 0 Å². The molecule has 5 atom stereocenters. The Morgan fingerprint density at radius 3 is 2.41 bits per heavy atom. The fourth-order valence-corrected chi connectivity index (χ4v) is 4.91. The maximum absolute atomic E-state index is 10.6. The number of carboxylic acid groups (broad SMARTS) is 1. The Hall–Kier alpha value is -0.650. The normalized spacial score (nSPS) is 25.5. The van der Waals surface area contributed by atoms with E-state index in [-0.39, 0.29) is 30.0 Å². The Balaban J connectivity index is 2.33. The molecule has 0 radical (unpaired) electrons. The van der Waals surface area contributed by atoms with Crippen molar-refractivity contribution in [2.45, 2.75) is 116 Å². The molecule has 1 aliphatic rings. The summed E-state index contributed by atoms with van der Waals surface area (Å²) in [4.78, 5) is 10.6. The Labute approximate surface area is 165 Å². The molecule has 0 saturated heterocycles. The van der Waals surface area contributed by atoms with Crippen LogP contribution in [0.3, 0.4) is 0 Å². The molecule has 0 aliphatic heterocycles. The maximum Gasteiger partial charge on any atom is 0.305 e. The second-order valence-electron chi connectivity index (χ2n) is 9.45. The van der Waals surface area contributed by atoms with Crippen LogP contribution in [0.1, 0.15) is 97.8 Å². The van der Waals surface area contributed by atoms with E-state index in [9.17, 15) is 20.1 Å². The van der Waals surface area contributed by atoms with Crippen LogP contribution < -0.4 is 0 Å². The molecule has 4 N–H and O–H groups in total. The van der Waals surface area contributed by atoms with E-state index in [0.717, 1.165) is 64.2 Å². The summed E-state index contributed by atoms with van der Waals surface area (Å²) >= 11 is 0. The van der Waals surface area contributed by atoms with Crippen LogP contribution in [-0.4, -0.2) is 44.7 Å². The van der Waals surface area contributed by atoms with E-state index >= 15 is 0 Å². The van der Waals surface area contributed by atoms with Gasteiger partial charge >= 0.3 is 5.97 Å². The Kier molecular flexibility index (Phi) is 10.9. The molecule has 0 aromatic heterocycles. The van der Waals surface area contributed by atoms with Gasteiger partial charge in [0.1, 0.15) is 0 Å². The summed E-state index contributed by atoms with van der Waals surface area (Å²) in [6, 6.07) is 0. The Bertz CT molecular complexity index is 423. The van der Waals surface area contributed by atoms with Crippen molar-refractivity contribution in [1.82, 2.24) is 0 Å². The fourth-order valence-electron chi connectivity index (χ4n) is 4.91. The molecule has 2 unspecified atom stereocenters. The van der Waals surface area contributed by atoms with Gasteiger partial charge in [0.25, 0.3) is 0 Å². The summed E-state index contributed by atoms with van der Waals surface area (Å²) in [5.74, 6) is -0.215. The smallest absolute Gasteiger partial charge is 0.305 e. The van der Waals surface area contributed by atoms with Crippen molar-refractivity contribution in [2.24, 2.45) is 17.3 Å². The Morgan fingerprint density at radius 2 is 1.78 bits per heavy atom. The minimum atomic E-state index is -0.956. The quantitative estimate of drug-likeness (QED) is 0.337. The molecule has 1 aliphatic carbocycles. The number of hydrogen-bond acceptors (Lipinski definition) is 4. The summed E-state index contributed by atoms with van der Waals surface area (Å²) in [5.41, 5.74) is 0.165. The van der Waals surface area contributed by atoms with Gasteiger partial charge in [-0.1, -0.05) is 46.5 Å². The first kappa shape index (κ1) is 24.4. The van der Waals surface area contributed by atoms with Crippen LogP contribution in [0.4, 0.5) is 0 Å².